The minimum atomic E-state index is -0.378. The molecule has 2 fully saturated rings. The van der Waals surface area contributed by atoms with Gasteiger partial charge in [0.2, 0.25) is 5.91 Å². The highest BCUT2D eigenvalue weighted by atomic mass is 16.3. The van der Waals surface area contributed by atoms with E-state index in [0.29, 0.717) is 12.5 Å². The third-order valence-corrected chi connectivity index (χ3v) is 5.40. The lowest BCUT2D eigenvalue weighted by Gasteiger charge is -2.40. The van der Waals surface area contributed by atoms with Crippen molar-refractivity contribution in [3.05, 3.63) is 35.9 Å². The Morgan fingerprint density at radius 1 is 1.24 bits per heavy atom. The molecule has 2 atom stereocenters. The lowest BCUT2D eigenvalue weighted by atomic mass is 9.77. The van der Waals surface area contributed by atoms with Gasteiger partial charge in [0.25, 0.3) is 0 Å². The van der Waals surface area contributed by atoms with E-state index in [1.807, 2.05) is 23.1 Å². The van der Waals surface area contributed by atoms with Crippen LogP contribution in [-0.2, 0) is 10.2 Å². The summed E-state index contributed by atoms with van der Waals surface area (Å²) >= 11 is 0. The van der Waals surface area contributed by atoms with Crippen LogP contribution in [0.1, 0.15) is 44.6 Å². The number of benzene rings is 1. The first-order valence-corrected chi connectivity index (χ1v) is 8.16. The Morgan fingerprint density at radius 2 is 1.90 bits per heavy atom. The van der Waals surface area contributed by atoms with E-state index in [4.69, 9.17) is 0 Å². The standard InChI is InChI=1S/C18H25NO2/c1-14-9-12-19(13-16(14)20)17(21)18(10-5-6-11-18)15-7-3-2-4-8-15/h2-4,7-8,14,16,20H,5-6,9-13H2,1H3. The van der Waals surface area contributed by atoms with Crippen LogP contribution in [0.4, 0.5) is 0 Å². The van der Waals surface area contributed by atoms with Gasteiger partial charge in [0.15, 0.2) is 0 Å². The summed E-state index contributed by atoms with van der Waals surface area (Å²) in [6, 6.07) is 10.2. The molecule has 1 saturated heterocycles. The van der Waals surface area contributed by atoms with Crippen molar-refractivity contribution in [3.63, 3.8) is 0 Å². The maximum atomic E-state index is 13.2. The number of piperidine rings is 1. The molecule has 1 aromatic carbocycles. The molecule has 0 bridgehead atoms. The van der Waals surface area contributed by atoms with Crippen LogP contribution < -0.4 is 0 Å². The summed E-state index contributed by atoms with van der Waals surface area (Å²) in [4.78, 5) is 15.1. The molecule has 1 amide bonds. The van der Waals surface area contributed by atoms with E-state index in [1.54, 1.807) is 0 Å². The fourth-order valence-corrected chi connectivity index (χ4v) is 3.90. The average molecular weight is 287 g/mol. The number of carbonyl (C=O) groups excluding carboxylic acids is 1. The molecule has 1 saturated carbocycles. The fourth-order valence-electron chi connectivity index (χ4n) is 3.90. The smallest absolute Gasteiger partial charge is 0.233 e. The fraction of sp³-hybridized carbons (Fsp3) is 0.611. The summed E-state index contributed by atoms with van der Waals surface area (Å²) in [6.45, 7) is 3.34. The van der Waals surface area contributed by atoms with E-state index < -0.39 is 0 Å². The zero-order chi connectivity index (χ0) is 14.9. The highest BCUT2D eigenvalue weighted by Crippen LogP contribution is 2.43. The Labute approximate surface area is 127 Å². The Hall–Kier alpha value is -1.35. The largest absolute Gasteiger partial charge is 0.391 e. The quantitative estimate of drug-likeness (QED) is 0.908. The van der Waals surface area contributed by atoms with Gasteiger partial charge in [-0.2, -0.15) is 0 Å². The van der Waals surface area contributed by atoms with Gasteiger partial charge in [0.05, 0.1) is 11.5 Å². The van der Waals surface area contributed by atoms with Crippen molar-refractivity contribution >= 4 is 5.91 Å². The number of rotatable bonds is 2. The van der Waals surface area contributed by atoms with Crippen molar-refractivity contribution in [3.8, 4) is 0 Å². The number of likely N-dealkylation sites (tertiary alicyclic amines) is 1. The molecular weight excluding hydrogens is 262 g/mol. The number of carbonyl (C=O) groups is 1. The summed E-state index contributed by atoms with van der Waals surface area (Å²) in [7, 11) is 0. The zero-order valence-corrected chi connectivity index (χ0v) is 12.8. The molecule has 1 aromatic rings. The first-order chi connectivity index (χ1) is 10.1. The predicted molar refractivity (Wildman–Crippen MR) is 83.0 cm³/mol. The molecule has 2 unspecified atom stereocenters. The predicted octanol–water partition coefficient (Wildman–Crippen LogP) is 2.73. The monoisotopic (exact) mass is 287 g/mol. The third kappa shape index (κ3) is 2.59. The number of aliphatic hydroxyl groups excluding tert-OH is 1. The third-order valence-electron chi connectivity index (χ3n) is 5.40. The van der Waals surface area contributed by atoms with E-state index in [-0.39, 0.29) is 17.4 Å². The van der Waals surface area contributed by atoms with Crippen LogP contribution >= 0.6 is 0 Å². The number of aliphatic hydroxyl groups is 1. The molecule has 1 aliphatic carbocycles. The van der Waals surface area contributed by atoms with Crippen LogP contribution in [0.3, 0.4) is 0 Å². The molecule has 0 spiro atoms. The maximum absolute atomic E-state index is 13.2. The summed E-state index contributed by atoms with van der Waals surface area (Å²) in [6.07, 6.45) is 4.64. The lowest BCUT2D eigenvalue weighted by Crippen LogP contribution is -2.52. The molecule has 2 aliphatic rings. The van der Waals surface area contributed by atoms with E-state index in [1.165, 1.54) is 0 Å². The van der Waals surface area contributed by atoms with Crippen LogP contribution in [-0.4, -0.2) is 35.1 Å². The molecule has 3 rings (SSSR count). The van der Waals surface area contributed by atoms with Gasteiger partial charge in [-0.1, -0.05) is 50.1 Å². The van der Waals surface area contributed by atoms with Gasteiger partial charge < -0.3 is 10.0 Å². The maximum Gasteiger partial charge on any atom is 0.233 e. The second-order valence-corrected chi connectivity index (χ2v) is 6.74. The van der Waals surface area contributed by atoms with Crippen molar-refractivity contribution < 1.29 is 9.90 Å². The van der Waals surface area contributed by atoms with Crippen molar-refractivity contribution in [2.24, 2.45) is 5.92 Å². The second kappa shape index (κ2) is 5.80. The van der Waals surface area contributed by atoms with Gasteiger partial charge in [-0.15, -0.1) is 0 Å². The summed E-state index contributed by atoms with van der Waals surface area (Å²) in [5.74, 6) is 0.530. The number of amides is 1. The van der Waals surface area contributed by atoms with Gasteiger partial charge >= 0.3 is 0 Å². The van der Waals surface area contributed by atoms with Crippen LogP contribution in [0.2, 0.25) is 0 Å². The topological polar surface area (TPSA) is 40.5 Å². The van der Waals surface area contributed by atoms with E-state index >= 15 is 0 Å². The lowest BCUT2D eigenvalue weighted by molar-refractivity contribution is -0.141. The zero-order valence-electron chi connectivity index (χ0n) is 12.8. The molecule has 3 heteroatoms. The molecule has 1 aliphatic heterocycles. The molecule has 114 valence electrons. The summed E-state index contributed by atoms with van der Waals surface area (Å²) < 4.78 is 0. The molecule has 0 radical (unpaired) electrons. The second-order valence-electron chi connectivity index (χ2n) is 6.74. The first kappa shape index (κ1) is 14.6. The van der Waals surface area contributed by atoms with Gasteiger partial charge in [0, 0.05) is 13.1 Å². The van der Waals surface area contributed by atoms with Crippen LogP contribution in [0.25, 0.3) is 0 Å². The van der Waals surface area contributed by atoms with Crippen molar-refractivity contribution in [1.82, 2.24) is 4.90 Å². The highest BCUT2D eigenvalue weighted by molar-refractivity contribution is 5.88. The van der Waals surface area contributed by atoms with Crippen molar-refractivity contribution in [2.75, 3.05) is 13.1 Å². The molecular formula is C18H25NO2. The minimum Gasteiger partial charge on any atom is -0.391 e. The van der Waals surface area contributed by atoms with E-state index in [2.05, 4.69) is 19.1 Å². The van der Waals surface area contributed by atoms with Gasteiger partial charge in [-0.25, -0.2) is 0 Å². The van der Waals surface area contributed by atoms with Crippen LogP contribution in [0, 0.1) is 5.92 Å². The molecule has 1 heterocycles. The van der Waals surface area contributed by atoms with Crippen molar-refractivity contribution in [1.29, 1.82) is 0 Å². The summed E-state index contributed by atoms with van der Waals surface area (Å²) in [5, 5.41) is 10.1. The number of nitrogens with zero attached hydrogens (tertiary/aromatic N) is 1. The van der Waals surface area contributed by atoms with Gasteiger partial charge in [-0.3, -0.25) is 4.79 Å². The van der Waals surface area contributed by atoms with Gasteiger partial charge in [0.1, 0.15) is 0 Å². The summed E-state index contributed by atoms with van der Waals surface area (Å²) in [5.41, 5.74) is 0.808. The Balaban J connectivity index is 1.86. The number of hydrogen-bond donors (Lipinski definition) is 1. The van der Waals surface area contributed by atoms with E-state index in [9.17, 15) is 9.90 Å². The number of hydrogen-bond acceptors (Lipinski definition) is 2. The molecule has 0 aromatic heterocycles. The SMILES string of the molecule is CC1CCN(C(=O)C2(c3ccccc3)CCCC2)CC1O. The number of β-amino-alcohol motifs (C(OH)–C–C–N with tert-alkyl or cyclic N) is 1. The van der Waals surface area contributed by atoms with Crippen LogP contribution in [0.5, 0.6) is 0 Å². The average Bonchev–Trinajstić information content (AvgIpc) is 3.01. The molecule has 1 N–H and O–H groups in total. The first-order valence-electron chi connectivity index (χ1n) is 8.16. The normalized spacial score (nSPS) is 28.6. The van der Waals surface area contributed by atoms with Gasteiger partial charge in [-0.05, 0) is 30.7 Å². The highest BCUT2D eigenvalue weighted by Gasteiger charge is 2.45. The Bertz CT molecular complexity index is 493. The molecule has 3 nitrogen and oxygen atoms in total. The van der Waals surface area contributed by atoms with Crippen molar-refractivity contribution in [2.45, 2.75) is 50.5 Å². The Kier molecular flexibility index (Phi) is 4.03. The minimum absolute atomic E-state index is 0.233. The van der Waals surface area contributed by atoms with E-state index in [0.717, 1.165) is 44.2 Å². The Morgan fingerprint density at radius 3 is 2.52 bits per heavy atom. The molecule has 21 heavy (non-hydrogen) atoms. The van der Waals surface area contributed by atoms with Crippen LogP contribution in [0.15, 0.2) is 30.3 Å².